The molecule has 0 N–H and O–H groups in total. The van der Waals surface area contributed by atoms with Gasteiger partial charge in [-0.15, -0.1) is 0 Å². The van der Waals surface area contributed by atoms with Gasteiger partial charge in [-0.25, -0.2) is 0 Å². The van der Waals surface area contributed by atoms with E-state index < -0.39 is 5.41 Å². The number of rotatable bonds is 12. The number of esters is 1. The van der Waals surface area contributed by atoms with Crippen LogP contribution >= 0.6 is 12.2 Å². The summed E-state index contributed by atoms with van der Waals surface area (Å²) in [7, 11) is 2.17. The number of ether oxygens (including phenoxy) is 1. The molecule has 7 heteroatoms. The van der Waals surface area contributed by atoms with Gasteiger partial charge in [0.15, 0.2) is 4.77 Å². The van der Waals surface area contributed by atoms with Crippen molar-refractivity contribution < 1.29 is 9.53 Å². The first kappa shape index (κ1) is 25.7. The third kappa shape index (κ3) is 7.76. The fraction of sp³-hybridized carbons (Fsp3) is 0.773. The molecule has 164 valence electrons. The van der Waals surface area contributed by atoms with E-state index in [1.54, 1.807) is 16.8 Å². The zero-order chi connectivity index (χ0) is 22.2. The summed E-state index contributed by atoms with van der Waals surface area (Å²) in [6, 6.07) is 1.57. The molecule has 0 aliphatic carbocycles. The Morgan fingerprint density at radius 1 is 1.21 bits per heavy atom. The molecule has 0 fully saturated rings. The largest absolute Gasteiger partial charge is 0.465 e. The first-order chi connectivity index (χ1) is 13.4. The average molecular weight is 422 g/mol. The van der Waals surface area contributed by atoms with Crippen LogP contribution in [0.5, 0.6) is 0 Å². The van der Waals surface area contributed by atoms with Gasteiger partial charge in [0.2, 0.25) is 0 Å². The predicted molar refractivity (Wildman–Crippen MR) is 125 cm³/mol. The quantitative estimate of drug-likeness (QED) is 0.217. The van der Waals surface area contributed by atoms with Crippen LogP contribution in [0.4, 0.5) is 0 Å². The Balaban J connectivity index is 2.40. The molecule has 0 saturated heterocycles. The number of carbonyl (C=O) groups excluding carboxylic acids is 1. The molecule has 0 aromatic carbocycles. The third-order valence-corrected chi connectivity index (χ3v) is 6.08. The number of carbonyl (C=O) groups is 1. The Morgan fingerprint density at radius 2 is 1.83 bits per heavy atom. The standard InChI is InChI=1S/C22H39BN2O3S/c1-7-25-18(26)12-14-24(20(25)29)13-10-8-9-11-15-28-19(27)22(6,17(2)3)16-21(4,5)23/h12,14,17H,7-11,13,15-16,23H2,1-6H3. The molecule has 0 radical (unpaired) electrons. The Morgan fingerprint density at radius 3 is 2.38 bits per heavy atom. The van der Waals surface area contributed by atoms with Crippen molar-refractivity contribution in [3.63, 3.8) is 0 Å². The number of hydrogen-bond acceptors (Lipinski definition) is 4. The molecule has 1 heterocycles. The molecule has 0 spiro atoms. The zero-order valence-corrected chi connectivity index (χ0v) is 20.2. The van der Waals surface area contributed by atoms with Crippen LogP contribution in [0, 0.1) is 16.1 Å². The first-order valence-corrected chi connectivity index (χ1v) is 11.3. The second-order valence-electron chi connectivity index (χ2n) is 9.73. The van der Waals surface area contributed by atoms with Crippen molar-refractivity contribution in [3.8, 4) is 0 Å². The predicted octanol–water partition coefficient (Wildman–Crippen LogP) is 4.39. The highest BCUT2D eigenvalue weighted by Crippen LogP contribution is 2.42. The van der Waals surface area contributed by atoms with Crippen LogP contribution in [0.15, 0.2) is 17.1 Å². The fourth-order valence-corrected chi connectivity index (χ4v) is 4.07. The molecular formula is C22H39BN2O3S. The maximum Gasteiger partial charge on any atom is 0.312 e. The van der Waals surface area contributed by atoms with Crippen molar-refractivity contribution in [1.82, 2.24) is 9.13 Å². The van der Waals surface area contributed by atoms with E-state index in [1.165, 1.54) is 0 Å². The molecule has 1 unspecified atom stereocenters. The van der Waals surface area contributed by atoms with Crippen LogP contribution in [-0.4, -0.2) is 29.6 Å². The lowest BCUT2D eigenvalue weighted by atomic mass is 9.60. The van der Waals surface area contributed by atoms with Gasteiger partial charge >= 0.3 is 5.97 Å². The van der Waals surface area contributed by atoms with Crippen LogP contribution in [-0.2, 0) is 22.6 Å². The lowest BCUT2D eigenvalue weighted by molar-refractivity contribution is -0.159. The second kappa shape index (κ2) is 11.1. The molecule has 0 bridgehead atoms. The van der Waals surface area contributed by atoms with Crippen molar-refractivity contribution in [3.05, 3.63) is 27.4 Å². The van der Waals surface area contributed by atoms with Gasteiger partial charge < -0.3 is 9.30 Å². The molecule has 1 aromatic heterocycles. The maximum atomic E-state index is 12.7. The number of nitrogens with zero attached hydrogens (tertiary/aromatic N) is 2. The molecule has 0 aliphatic heterocycles. The Hall–Kier alpha value is -1.37. The van der Waals surface area contributed by atoms with Gasteiger partial charge in [0.1, 0.15) is 7.85 Å². The lowest BCUT2D eigenvalue weighted by Gasteiger charge is -2.37. The summed E-state index contributed by atoms with van der Waals surface area (Å²) < 4.78 is 9.80. The number of aromatic nitrogens is 2. The topological polar surface area (TPSA) is 53.2 Å². The van der Waals surface area contributed by atoms with Crippen LogP contribution in [0.1, 0.15) is 73.6 Å². The lowest BCUT2D eigenvalue weighted by Crippen LogP contribution is -2.37. The summed E-state index contributed by atoms with van der Waals surface area (Å²) in [6.07, 6.45) is 6.49. The molecule has 5 nitrogen and oxygen atoms in total. The molecule has 0 saturated carbocycles. The summed E-state index contributed by atoms with van der Waals surface area (Å²) in [4.78, 5) is 24.5. The molecular weight excluding hydrogens is 383 g/mol. The fourth-order valence-electron chi connectivity index (χ4n) is 3.70. The van der Waals surface area contributed by atoms with Crippen molar-refractivity contribution in [1.29, 1.82) is 0 Å². The molecule has 0 amide bonds. The van der Waals surface area contributed by atoms with Gasteiger partial charge in [0, 0.05) is 25.4 Å². The number of aryl methyl sites for hydroxylation is 1. The highest BCUT2D eigenvalue weighted by Gasteiger charge is 2.41. The smallest absolute Gasteiger partial charge is 0.312 e. The monoisotopic (exact) mass is 422 g/mol. The minimum absolute atomic E-state index is 0.0459. The van der Waals surface area contributed by atoms with Gasteiger partial charge in [0.05, 0.1) is 12.0 Å². The van der Waals surface area contributed by atoms with E-state index in [2.05, 4.69) is 35.5 Å². The molecule has 0 aliphatic rings. The highest BCUT2D eigenvalue weighted by molar-refractivity contribution is 7.71. The van der Waals surface area contributed by atoms with Crippen molar-refractivity contribution >= 4 is 26.0 Å². The van der Waals surface area contributed by atoms with E-state index in [-0.39, 0.29) is 22.8 Å². The maximum absolute atomic E-state index is 12.7. The van der Waals surface area contributed by atoms with Crippen molar-refractivity contribution in [2.45, 2.75) is 92.1 Å². The van der Waals surface area contributed by atoms with Gasteiger partial charge in [-0.05, 0) is 57.7 Å². The van der Waals surface area contributed by atoms with Crippen molar-refractivity contribution in [2.24, 2.45) is 11.3 Å². The Kier molecular flexibility index (Phi) is 9.86. The van der Waals surface area contributed by atoms with E-state index in [9.17, 15) is 9.59 Å². The third-order valence-electron chi connectivity index (χ3n) is 5.62. The summed E-state index contributed by atoms with van der Waals surface area (Å²) in [5.74, 6) is 0.167. The summed E-state index contributed by atoms with van der Waals surface area (Å²) in [5, 5.41) is 0.0828. The van der Waals surface area contributed by atoms with E-state index >= 15 is 0 Å². The molecule has 1 atom stereocenters. The van der Waals surface area contributed by atoms with Crippen LogP contribution in [0.3, 0.4) is 0 Å². The van der Waals surface area contributed by atoms with Crippen LogP contribution in [0.25, 0.3) is 0 Å². The molecule has 1 rings (SSSR count). The zero-order valence-electron chi connectivity index (χ0n) is 19.4. The Labute approximate surface area is 182 Å². The van der Waals surface area contributed by atoms with Crippen molar-refractivity contribution in [2.75, 3.05) is 6.61 Å². The number of hydrogen-bond donors (Lipinski definition) is 0. The minimum Gasteiger partial charge on any atom is -0.465 e. The van der Waals surface area contributed by atoms with E-state index in [0.29, 0.717) is 17.9 Å². The minimum atomic E-state index is -0.447. The van der Waals surface area contributed by atoms with Gasteiger partial charge in [-0.1, -0.05) is 39.4 Å². The van der Waals surface area contributed by atoms with E-state index in [4.69, 9.17) is 17.0 Å². The number of unbranched alkanes of at least 4 members (excludes halogenated alkanes) is 3. The summed E-state index contributed by atoms with van der Waals surface area (Å²) >= 11 is 5.39. The normalized spacial score (nSPS) is 14.0. The van der Waals surface area contributed by atoms with E-state index in [0.717, 1.165) is 38.6 Å². The SMILES string of the molecule is BC(C)(C)CC(C)(C(=O)OCCCCCCn1ccc(=O)n(CC)c1=S)C(C)C. The van der Waals surface area contributed by atoms with Crippen LogP contribution in [0.2, 0.25) is 5.31 Å². The summed E-state index contributed by atoms with van der Waals surface area (Å²) in [5.41, 5.74) is -0.493. The molecule has 29 heavy (non-hydrogen) atoms. The van der Waals surface area contributed by atoms with E-state index in [1.807, 2.05) is 18.4 Å². The summed E-state index contributed by atoms with van der Waals surface area (Å²) in [6.45, 7) is 14.4. The second-order valence-corrected chi connectivity index (χ2v) is 10.1. The average Bonchev–Trinajstić information content (AvgIpc) is 2.61. The Bertz CT molecular complexity index is 779. The molecule has 1 aromatic rings. The van der Waals surface area contributed by atoms with Gasteiger partial charge in [-0.3, -0.25) is 14.2 Å². The van der Waals surface area contributed by atoms with Gasteiger partial charge in [-0.2, -0.15) is 0 Å². The van der Waals surface area contributed by atoms with Crippen LogP contribution < -0.4 is 5.56 Å². The first-order valence-electron chi connectivity index (χ1n) is 10.9. The van der Waals surface area contributed by atoms with Gasteiger partial charge in [0.25, 0.3) is 5.56 Å². The highest BCUT2D eigenvalue weighted by atomic mass is 32.1.